The van der Waals surface area contributed by atoms with E-state index in [1.807, 2.05) is 0 Å². The minimum atomic E-state index is -0.123. The van der Waals surface area contributed by atoms with Gasteiger partial charge in [0.2, 0.25) is 5.75 Å². The van der Waals surface area contributed by atoms with Crippen molar-refractivity contribution in [2.75, 3.05) is 28.4 Å². The van der Waals surface area contributed by atoms with Crippen LogP contribution in [0.25, 0.3) is 23.1 Å². The summed E-state index contributed by atoms with van der Waals surface area (Å²) in [6, 6.07) is 8.70. The third-order valence-corrected chi connectivity index (χ3v) is 4.15. The van der Waals surface area contributed by atoms with Gasteiger partial charge in [-0.3, -0.25) is 4.79 Å². The van der Waals surface area contributed by atoms with E-state index in [1.54, 1.807) is 70.9 Å². The van der Waals surface area contributed by atoms with Crippen LogP contribution >= 0.6 is 0 Å². The van der Waals surface area contributed by atoms with Crippen LogP contribution in [0.2, 0.25) is 0 Å². The van der Waals surface area contributed by atoms with Crippen LogP contribution in [0.1, 0.15) is 11.1 Å². The lowest BCUT2D eigenvalue weighted by atomic mass is 10.1. The topological polar surface area (TPSA) is 67.1 Å². The first kappa shape index (κ1) is 18.4. The Bertz CT molecular complexity index is 1020. The molecule has 0 fully saturated rings. The number of fused-ring (bicyclic) bond motifs is 1. The Morgan fingerprint density at radius 2 is 1.56 bits per heavy atom. The van der Waals surface area contributed by atoms with Crippen molar-refractivity contribution in [2.45, 2.75) is 0 Å². The van der Waals surface area contributed by atoms with Gasteiger partial charge in [0.05, 0.1) is 39.4 Å². The molecule has 0 bridgehead atoms. The Balaban J connectivity index is 2.01. The zero-order valence-corrected chi connectivity index (χ0v) is 15.6. The molecule has 0 amide bonds. The maximum Gasteiger partial charge on any atom is 0.203 e. The van der Waals surface area contributed by atoms with Crippen molar-refractivity contribution in [1.29, 1.82) is 0 Å². The predicted molar refractivity (Wildman–Crippen MR) is 104 cm³/mol. The van der Waals surface area contributed by atoms with Crippen molar-refractivity contribution >= 4 is 23.1 Å². The molecule has 0 saturated heterocycles. The van der Waals surface area contributed by atoms with E-state index in [9.17, 15) is 4.79 Å². The average Bonchev–Trinajstić information content (AvgIpc) is 2.71. The summed E-state index contributed by atoms with van der Waals surface area (Å²) in [6.45, 7) is 0. The van der Waals surface area contributed by atoms with Gasteiger partial charge in [-0.1, -0.05) is 6.08 Å². The second-order valence-electron chi connectivity index (χ2n) is 5.67. The molecule has 6 nitrogen and oxygen atoms in total. The van der Waals surface area contributed by atoms with Gasteiger partial charge < -0.3 is 23.4 Å². The molecule has 1 heterocycles. The molecule has 0 spiro atoms. The number of rotatable bonds is 6. The van der Waals surface area contributed by atoms with Gasteiger partial charge in [0.15, 0.2) is 16.9 Å². The first-order valence-electron chi connectivity index (χ1n) is 8.19. The SMILES string of the molecule is COc1ccc2c(=O)c(/C=C/c3cc(OC)c(OC)c(OC)c3)coc2c1. The first-order chi connectivity index (χ1) is 13.1. The molecule has 0 aliphatic heterocycles. The number of benzene rings is 2. The van der Waals surface area contributed by atoms with Crippen LogP contribution in [0, 0.1) is 0 Å². The lowest BCUT2D eigenvalue weighted by molar-refractivity contribution is 0.324. The average molecular weight is 368 g/mol. The summed E-state index contributed by atoms with van der Waals surface area (Å²) in [5, 5.41) is 0.489. The number of hydrogen-bond acceptors (Lipinski definition) is 6. The molecular formula is C21H20O6. The van der Waals surface area contributed by atoms with E-state index in [-0.39, 0.29) is 5.43 Å². The lowest BCUT2D eigenvalue weighted by Crippen LogP contribution is -2.04. The highest BCUT2D eigenvalue weighted by molar-refractivity contribution is 5.82. The summed E-state index contributed by atoms with van der Waals surface area (Å²) in [4.78, 5) is 12.7. The van der Waals surface area contributed by atoms with Crippen molar-refractivity contribution in [1.82, 2.24) is 0 Å². The molecule has 0 aliphatic rings. The van der Waals surface area contributed by atoms with E-state index in [4.69, 9.17) is 23.4 Å². The van der Waals surface area contributed by atoms with Crippen LogP contribution in [0.4, 0.5) is 0 Å². The summed E-state index contributed by atoms with van der Waals surface area (Å²) >= 11 is 0. The summed E-state index contributed by atoms with van der Waals surface area (Å²) in [5.74, 6) is 2.21. The van der Waals surface area contributed by atoms with Gasteiger partial charge in [-0.05, 0) is 35.9 Å². The zero-order chi connectivity index (χ0) is 19.4. The van der Waals surface area contributed by atoms with E-state index in [2.05, 4.69) is 0 Å². The number of ether oxygens (including phenoxy) is 4. The highest BCUT2D eigenvalue weighted by Gasteiger charge is 2.12. The molecule has 3 rings (SSSR count). The minimum absolute atomic E-state index is 0.123. The maximum atomic E-state index is 12.7. The molecule has 0 radical (unpaired) electrons. The fraction of sp³-hybridized carbons (Fsp3) is 0.190. The van der Waals surface area contributed by atoms with Crippen molar-refractivity contribution < 1.29 is 23.4 Å². The minimum Gasteiger partial charge on any atom is -0.497 e. The molecule has 0 saturated carbocycles. The number of methoxy groups -OCH3 is 4. The zero-order valence-electron chi connectivity index (χ0n) is 15.6. The Hall–Kier alpha value is -3.41. The Morgan fingerprint density at radius 1 is 0.852 bits per heavy atom. The van der Waals surface area contributed by atoms with E-state index in [0.29, 0.717) is 39.5 Å². The van der Waals surface area contributed by atoms with Crippen LogP contribution in [-0.4, -0.2) is 28.4 Å². The highest BCUT2D eigenvalue weighted by Crippen LogP contribution is 2.38. The van der Waals surface area contributed by atoms with Crippen LogP contribution < -0.4 is 24.4 Å². The van der Waals surface area contributed by atoms with Gasteiger partial charge in [-0.25, -0.2) is 0 Å². The van der Waals surface area contributed by atoms with Gasteiger partial charge in [-0.2, -0.15) is 0 Å². The molecule has 0 aliphatic carbocycles. The van der Waals surface area contributed by atoms with Crippen LogP contribution in [-0.2, 0) is 0 Å². The number of hydrogen-bond donors (Lipinski definition) is 0. The van der Waals surface area contributed by atoms with Crippen LogP contribution in [0.15, 0.2) is 45.8 Å². The molecule has 0 atom stereocenters. The van der Waals surface area contributed by atoms with Gasteiger partial charge in [0.1, 0.15) is 17.6 Å². The van der Waals surface area contributed by atoms with Crippen molar-refractivity contribution in [3.8, 4) is 23.0 Å². The van der Waals surface area contributed by atoms with E-state index < -0.39 is 0 Å². The van der Waals surface area contributed by atoms with E-state index in [0.717, 1.165) is 5.56 Å². The monoisotopic (exact) mass is 368 g/mol. The van der Waals surface area contributed by atoms with Crippen molar-refractivity contribution in [3.63, 3.8) is 0 Å². The first-order valence-corrected chi connectivity index (χ1v) is 8.19. The standard InChI is InChI=1S/C21H20O6/c1-23-15-7-8-16-17(11-15)27-12-14(20(16)22)6-5-13-9-18(24-2)21(26-4)19(10-13)25-3/h5-12H,1-4H3/b6-5+. The normalized spacial score (nSPS) is 11.0. The lowest BCUT2D eigenvalue weighted by Gasteiger charge is -2.12. The second-order valence-corrected chi connectivity index (χ2v) is 5.67. The molecule has 3 aromatic rings. The smallest absolute Gasteiger partial charge is 0.203 e. The summed E-state index contributed by atoms with van der Waals surface area (Å²) in [5.41, 5.74) is 1.58. The van der Waals surface area contributed by atoms with Gasteiger partial charge in [0.25, 0.3) is 0 Å². The Morgan fingerprint density at radius 3 is 2.15 bits per heavy atom. The van der Waals surface area contributed by atoms with E-state index >= 15 is 0 Å². The van der Waals surface area contributed by atoms with E-state index in [1.165, 1.54) is 6.26 Å². The molecule has 0 N–H and O–H groups in total. The maximum absolute atomic E-state index is 12.7. The summed E-state index contributed by atoms with van der Waals surface area (Å²) in [6.07, 6.45) is 4.90. The Labute approximate surface area is 156 Å². The summed E-state index contributed by atoms with van der Waals surface area (Å²) in [7, 11) is 6.22. The highest BCUT2D eigenvalue weighted by atomic mass is 16.5. The van der Waals surface area contributed by atoms with Gasteiger partial charge in [0, 0.05) is 6.07 Å². The molecule has 1 aromatic heterocycles. The molecule has 6 heteroatoms. The molecular weight excluding hydrogens is 348 g/mol. The Kier molecular flexibility index (Phi) is 5.35. The quantitative estimate of drug-likeness (QED) is 0.655. The molecule has 2 aromatic carbocycles. The van der Waals surface area contributed by atoms with Crippen molar-refractivity contribution in [3.05, 3.63) is 57.9 Å². The third kappa shape index (κ3) is 3.60. The third-order valence-electron chi connectivity index (χ3n) is 4.15. The largest absolute Gasteiger partial charge is 0.497 e. The predicted octanol–water partition coefficient (Wildman–Crippen LogP) is 4.00. The second kappa shape index (κ2) is 7.86. The molecule has 140 valence electrons. The fourth-order valence-corrected chi connectivity index (χ4v) is 2.75. The molecule has 0 unspecified atom stereocenters. The molecule has 27 heavy (non-hydrogen) atoms. The van der Waals surface area contributed by atoms with Gasteiger partial charge in [-0.15, -0.1) is 0 Å². The van der Waals surface area contributed by atoms with Gasteiger partial charge >= 0.3 is 0 Å². The van der Waals surface area contributed by atoms with Crippen molar-refractivity contribution in [2.24, 2.45) is 0 Å². The fourth-order valence-electron chi connectivity index (χ4n) is 2.75. The van der Waals surface area contributed by atoms with Crippen LogP contribution in [0.5, 0.6) is 23.0 Å². The summed E-state index contributed by atoms with van der Waals surface area (Å²) < 4.78 is 26.7. The van der Waals surface area contributed by atoms with Crippen LogP contribution in [0.3, 0.4) is 0 Å².